The molecule has 24 heavy (non-hydrogen) atoms. The van der Waals surface area contributed by atoms with Crippen LogP contribution in [0.3, 0.4) is 0 Å². The minimum absolute atomic E-state index is 0.296. The molecule has 124 valence electrons. The standard InChI is InChI=1S/C20H21NO3/c1-2-7-21-10-13-5-3-4-6-14(13)20-15-8-18-19(24-12-23-18)9-17(15)22-11-16(20)21/h3-6,8-9,16,20H,2,7,10-12H2,1H3. The highest BCUT2D eigenvalue weighted by Gasteiger charge is 2.41. The van der Waals surface area contributed by atoms with Crippen molar-refractivity contribution in [1.29, 1.82) is 0 Å². The molecule has 0 saturated heterocycles. The SMILES string of the molecule is CCCN1Cc2ccccc2C2c3cc4c(cc3OCC21)OCO4. The first kappa shape index (κ1) is 14.2. The van der Waals surface area contributed by atoms with Gasteiger partial charge in [-0.15, -0.1) is 0 Å². The van der Waals surface area contributed by atoms with Gasteiger partial charge in [-0.1, -0.05) is 31.2 Å². The van der Waals surface area contributed by atoms with Crippen LogP contribution in [0, 0.1) is 0 Å². The molecule has 2 unspecified atom stereocenters. The zero-order chi connectivity index (χ0) is 16.1. The van der Waals surface area contributed by atoms with Gasteiger partial charge in [0.05, 0.1) is 6.04 Å². The van der Waals surface area contributed by atoms with Crippen LogP contribution in [0.2, 0.25) is 0 Å². The van der Waals surface area contributed by atoms with Crippen molar-refractivity contribution in [2.24, 2.45) is 0 Å². The molecule has 4 nitrogen and oxygen atoms in total. The highest BCUT2D eigenvalue weighted by molar-refractivity contribution is 5.57. The summed E-state index contributed by atoms with van der Waals surface area (Å²) in [6.07, 6.45) is 1.15. The summed E-state index contributed by atoms with van der Waals surface area (Å²) in [7, 11) is 0. The fourth-order valence-corrected chi connectivity index (χ4v) is 4.33. The zero-order valence-electron chi connectivity index (χ0n) is 13.8. The topological polar surface area (TPSA) is 30.9 Å². The molecule has 2 aromatic carbocycles. The van der Waals surface area contributed by atoms with Gasteiger partial charge in [0.15, 0.2) is 11.5 Å². The van der Waals surface area contributed by atoms with E-state index in [9.17, 15) is 0 Å². The van der Waals surface area contributed by atoms with E-state index in [1.165, 1.54) is 16.7 Å². The maximum absolute atomic E-state index is 6.13. The van der Waals surface area contributed by atoms with E-state index in [1.807, 2.05) is 6.07 Å². The summed E-state index contributed by atoms with van der Waals surface area (Å²) in [5, 5.41) is 0. The summed E-state index contributed by atoms with van der Waals surface area (Å²) in [6.45, 7) is 5.37. The summed E-state index contributed by atoms with van der Waals surface area (Å²) in [5.74, 6) is 2.90. The smallest absolute Gasteiger partial charge is 0.231 e. The van der Waals surface area contributed by atoms with Gasteiger partial charge in [-0.05, 0) is 30.2 Å². The Bertz CT molecular complexity index is 788. The molecular formula is C20H21NO3. The van der Waals surface area contributed by atoms with Gasteiger partial charge in [0, 0.05) is 24.1 Å². The van der Waals surface area contributed by atoms with Crippen LogP contribution in [0.15, 0.2) is 36.4 Å². The molecule has 0 spiro atoms. The van der Waals surface area contributed by atoms with E-state index in [2.05, 4.69) is 42.2 Å². The molecule has 3 aliphatic rings. The molecule has 0 saturated carbocycles. The molecule has 2 atom stereocenters. The van der Waals surface area contributed by atoms with Crippen molar-refractivity contribution in [3.63, 3.8) is 0 Å². The molecule has 2 aromatic rings. The Balaban J connectivity index is 1.67. The molecule has 5 rings (SSSR count). The fourth-order valence-electron chi connectivity index (χ4n) is 4.33. The molecule has 0 aromatic heterocycles. The zero-order valence-corrected chi connectivity index (χ0v) is 13.8. The molecule has 0 amide bonds. The average Bonchev–Trinajstić information content (AvgIpc) is 3.07. The van der Waals surface area contributed by atoms with E-state index in [4.69, 9.17) is 14.2 Å². The van der Waals surface area contributed by atoms with Gasteiger partial charge in [-0.3, -0.25) is 4.90 Å². The van der Waals surface area contributed by atoms with Crippen molar-refractivity contribution in [3.8, 4) is 17.2 Å². The van der Waals surface area contributed by atoms with Gasteiger partial charge >= 0.3 is 0 Å². The van der Waals surface area contributed by atoms with E-state index in [0.717, 1.165) is 43.4 Å². The second kappa shape index (κ2) is 5.42. The minimum Gasteiger partial charge on any atom is -0.491 e. The van der Waals surface area contributed by atoms with Gasteiger partial charge < -0.3 is 14.2 Å². The first-order valence-corrected chi connectivity index (χ1v) is 8.73. The number of fused-ring (bicyclic) bond motifs is 6. The largest absolute Gasteiger partial charge is 0.491 e. The molecule has 3 aliphatic heterocycles. The Morgan fingerprint density at radius 2 is 1.83 bits per heavy atom. The van der Waals surface area contributed by atoms with Crippen molar-refractivity contribution in [2.75, 3.05) is 19.9 Å². The van der Waals surface area contributed by atoms with Crippen molar-refractivity contribution < 1.29 is 14.2 Å². The van der Waals surface area contributed by atoms with Gasteiger partial charge in [0.1, 0.15) is 12.4 Å². The van der Waals surface area contributed by atoms with Gasteiger partial charge in [0.2, 0.25) is 6.79 Å². The fraction of sp³-hybridized carbons (Fsp3) is 0.400. The minimum atomic E-state index is 0.296. The molecule has 0 fully saturated rings. The van der Waals surface area contributed by atoms with Gasteiger partial charge in [0.25, 0.3) is 0 Å². The van der Waals surface area contributed by atoms with Crippen LogP contribution in [-0.4, -0.2) is 30.9 Å². The van der Waals surface area contributed by atoms with Crippen molar-refractivity contribution in [3.05, 3.63) is 53.1 Å². The maximum Gasteiger partial charge on any atom is 0.231 e. The lowest BCUT2D eigenvalue weighted by Gasteiger charge is -2.45. The lowest BCUT2D eigenvalue weighted by Crippen LogP contribution is -2.49. The van der Waals surface area contributed by atoms with E-state index in [0.29, 0.717) is 18.8 Å². The summed E-state index contributed by atoms with van der Waals surface area (Å²) in [6, 6.07) is 13.3. The Kier molecular flexibility index (Phi) is 3.20. The van der Waals surface area contributed by atoms with Crippen LogP contribution in [0.25, 0.3) is 0 Å². The van der Waals surface area contributed by atoms with E-state index in [-0.39, 0.29) is 0 Å². The van der Waals surface area contributed by atoms with Crippen LogP contribution in [-0.2, 0) is 6.54 Å². The Morgan fingerprint density at radius 1 is 1.00 bits per heavy atom. The van der Waals surface area contributed by atoms with Crippen LogP contribution in [0.1, 0.15) is 36.0 Å². The highest BCUT2D eigenvalue weighted by atomic mass is 16.7. The van der Waals surface area contributed by atoms with Crippen molar-refractivity contribution in [2.45, 2.75) is 31.8 Å². The second-order valence-corrected chi connectivity index (χ2v) is 6.77. The molecule has 3 heterocycles. The van der Waals surface area contributed by atoms with Gasteiger partial charge in [-0.2, -0.15) is 0 Å². The molecule has 0 radical (unpaired) electrons. The first-order chi connectivity index (χ1) is 11.8. The number of hydrogen-bond acceptors (Lipinski definition) is 4. The Morgan fingerprint density at radius 3 is 2.71 bits per heavy atom. The predicted molar refractivity (Wildman–Crippen MR) is 90.8 cm³/mol. The predicted octanol–water partition coefficient (Wildman–Crippen LogP) is 3.53. The molecule has 4 heteroatoms. The summed E-state index contributed by atoms with van der Waals surface area (Å²) < 4.78 is 17.3. The van der Waals surface area contributed by atoms with Crippen LogP contribution in [0.4, 0.5) is 0 Å². The van der Waals surface area contributed by atoms with E-state index in [1.54, 1.807) is 0 Å². The highest BCUT2D eigenvalue weighted by Crippen LogP contribution is 2.49. The lowest BCUT2D eigenvalue weighted by atomic mass is 9.77. The third-order valence-corrected chi connectivity index (χ3v) is 5.38. The van der Waals surface area contributed by atoms with E-state index >= 15 is 0 Å². The van der Waals surface area contributed by atoms with Crippen molar-refractivity contribution >= 4 is 0 Å². The first-order valence-electron chi connectivity index (χ1n) is 8.73. The Labute approximate surface area is 141 Å². The van der Waals surface area contributed by atoms with E-state index < -0.39 is 0 Å². The molecular weight excluding hydrogens is 302 g/mol. The number of benzene rings is 2. The number of hydrogen-bond donors (Lipinski definition) is 0. The maximum atomic E-state index is 6.13. The molecule has 0 N–H and O–H groups in total. The summed E-state index contributed by atoms with van der Waals surface area (Å²) >= 11 is 0. The third-order valence-electron chi connectivity index (χ3n) is 5.38. The molecule has 0 aliphatic carbocycles. The number of ether oxygens (including phenoxy) is 3. The second-order valence-electron chi connectivity index (χ2n) is 6.77. The lowest BCUT2D eigenvalue weighted by molar-refractivity contribution is 0.0883. The monoisotopic (exact) mass is 323 g/mol. The average molecular weight is 323 g/mol. The Hall–Kier alpha value is -2.20. The quantitative estimate of drug-likeness (QED) is 0.846. The number of nitrogens with zero attached hydrogens (tertiary/aromatic N) is 1. The molecule has 0 bridgehead atoms. The summed E-state index contributed by atoms with van der Waals surface area (Å²) in [5.41, 5.74) is 4.08. The van der Waals surface area contributed by atoms with Crippen molar-refractivity contribution in [1.82, 2.24) is 4.90 Å². The normalized spacial score (nSPS) is 23.9. The number of rotatable bonds is 2. The third kappa shape index (κ3) is 2.02. The van der Waals surface area contributed by atoms with Crippen LogP contribution < -0.4 is 14.2 Å². The van der Waals surface area contributed by atoms with Crippen LogP contribution in [0.5, 0.6) is 17.2 Å². The summed E-state index contributed by atoms with van der Waals surface area (Å²) in [4.78, 5) is 2.57. The van der Waals surface area contributed by atoms with Crippen LogP contribution >= 0.6 is 0 Å². The van der Waals surface area contributed by atoms with Gasteiger partial charge in [-0.25, -0.2) is 0 Å².